The molecule has 1 aromatic carbocycles. The van der Waals surface area contributed by atoms with E-state index in [2.05, 4.69) is 0 Å². The van der Waals surface area contributed by atoms with Gasteiger partial charge in [-0.15, -0.1) is 0 Å². The zero-order chi connectivity index (χ0) is 12.3. The van der Waals surface area contributed by atoms with Crippen molar-refractivity contribution < 1.29 is 14.3 Å². The maximum atomic E-state index is 13.6. The van der Waals surface area contributed by atoms with Crippen LogP contribution in [0.15, 0.2) is 12.1 Å². The zero-order valence-corrected chi connectivity index (χ0v) is 9.75. The van der Waals surface area contributed by atoms with Crippen LogP contribution in [0.3, 0.4) is 0 Å². The van der Waals surface area contributed by atoms with E-state index in [4.69, 9.17) is 0 Å². The maximum absolute atomic E-state index is 13.6. The molecule has 0 aliphatic heterocycles. The molecular formula is C12H16FNO2. The fourth-order valence-electron chi connectivity index (χ4n) is 1.51. The molecule has 0 saturated carbocycles. The standard InChI is InChI=1S/C12H16FNO2/c1-4-14(5-2)12(16)9-7-11(15)8(3)6-10(9)13/h6-7,15H,4-5H2,1-3H3. The molecule has 0 aliphatic rings. The third-order valence-corrected chi connectivity index (χ3v) is 2.57. The van der Waals surface area contributed by atoms with E-state index in [1.807, 2.05) is 13.8 Å². The van der Waals surface area contributed by atoms with Crippen LogP contribution in [-0.4, -0.2) is 29.0 Å². The zero-order valence-electron chi connectivity index (χ0n) is 9.75. The first kappa shape index (κ1) is 12.5. The number of hydrogen-bond donors (Lipinski definition) is 1. The minimum atomic E-state index is -0.591. The molecule has 0 spiro atoms. The molecule has 0 aromatic heterocycles. The average Bonchev–Trinajstić information content (AvgIpc) is 2.25. The van der Waals surface area contributed by atoms with E-state index < -0.39 is 11.7 Å². The lowest BCUT2D eigenvalue weighted by atomic mass is 10.1. The number of phenols is 1. The molecule has 0 atom stereocenters. The van der Waals surface area contributed by atoms with Crippen molar-refractivity contribution in [1.82, 2.24) is 4.90 Å². The summed E-state index contributed by atoms with van der Waals surface area (Å²) in [6.07, 6.45) is 0. The SMILES string of the molecule is CCN(CC)C(=O)c1cc(O)c(C)cc1F. The molecule has 0 unspecified atom stereocenters. The van der Waals surface area contributed by atoms with Crippen LogP contribution < -0.4 is 0 Å². The Hall–Kier alpha value is -1.58. The number of amides is 1. The van der Waals surface area contributed by atoms with Gasteiger partial charge in [0.1, 0.15) is 11.6 Å². The Morgan fingerprint density at radius 1 is 1.38 bits per heavy atom. The lowest BCUT2D eigenvalue weighted by molar-refractivity contribution is 0.0768. The van der Waals surface area contributed by atoms with E-state index in [1.165, 1.54) is 17.0 Å². The van der Waals surface area contributed by atoms with E-state index in [1.54, 1.807) is 6.92 Å². The maximum Gasteiger partial charge on any atom is 0.256 e. The van der Waals surface area contributed by atoms with Crippen molar-refractivity contribution in [2.45, 2.75) is 20.8 Å². The normalized spacial score (nSPS) is 10.2. The number of aryl methyl sites for hydroxylation is 1. The van der Waals surface area contributed by atoms with E-state index in [0.29, 0.717) is 18.7 Å². The van der Waals surface area contributed by atoms with Gasteiger partial charge in [0.25, 0.3) is 5.91 Å². The second-order valence-corrected chi connectivity index (χ2v) is 3.60. The highest BCUT2D eigenvalue weighted by Gasteiger charge is 2.18. The largest absolute Gasteiger partial charge is 0.508 e. The second kappa shape index (κ2) is 4.96. The van der Waals surface area contributed by atoms with Crippen LogP contribution in [0.2, 0.25) is 0 Å². The van der Waals surface area contributed by atoms with Crippen molar-refractivity contribution in [3.05, 3.63) is 29.1 Å². The Kier molecular flexibility index (Phi) is 3.88. The van der Waals surface area contributed by atoms with Crippen molar-refractivity contribution in [1.29, 1.82) is 0 Å². The van der Waals surface area contributed by atoms with Gasteiger partial charge in [-0.3, -0.25) is 4.79 Å². The van der Waals surface area contributed by atoms with Crippen molar-refractivity contribution in [3.8, 4) is 5.75 Å². The monoisotopic (exact) mass is 225 g/mol. The molecule has 1 amide bonds. The summed E-state index contributed by atoms with van der Waals surface area (Å²) < 4.78 is 13.6. The highest BCUT2D eigenvalue weighted by atomic mass is 19.1. The minimum Gasteiger partial charge on any atom is -0.508 e. The van der Waals surface area contributed by atoms with E-state index in [0.717, 1.165) is 0 Å². The van der Waals surface area contributed by atoms with Gasteiger partial charge in [-0.2, -0.15) is 0 Å². The van der Waals surface area contributed by atoms with E-state index in [9.17, 15) is 14.3 Å². The number of benzene rings is 1. The Labute approximate surface area is 94.5 Å². The fourth-order valence-corrected chi connectivity index (χ4v) is 1.51. The molecule has 0 saturated heterocycles. The molecule has 1 aromatic rings. The van der Waals surface area contributed by atoms with Gasteiger partial charge >= 0.3 is 0 Å². The van der Waals surface area contributed by atoms with Gasteiger partial charge < -0.3 is 10.0 Å². The predicted molar refractivity (Wildman–Crippen MR) is 60.1 cm³/mol. The first-order valence-corrected chi connectivity index (χ1v) is 5.29. The lowest BCUT2D eigenvalue weighted by Crippen LogP contribution is -2.31. The summed E-state index contributed by atoms with van der Waals surface area (Å²) >= 11 is 0. The topological polar surface area (TPSA) is 40.5 Å². The van der Waals surface area contributed by atoms with Crippen LogP contribution in [0.5, 0.6) is 5.75 Å². The Balaban J connectivity index is 3.13. The molecule has 3 nitrogen and oxygen atoms in total. The number of hydrogen-bond acceptors (Lipinski definition) is 2. The van der Waals surface area contributed by atoms with Crippen molar-refractivity contribution in [2.24, 2.45) is 0 Å². The molecule has 88 valence electrons. The number of phenolic OH excluding ortho intramolecular Hbond substituents is 1. The van der Waals surface area contributed by atoms with Crippen LogP contribution in [0.1, 0.15) is 29.8 Å². The van der Waals surface area contributed by atoms with E-state index in [-0.39, 0.29) is 11.3 Å². The van der Waals surface area contributed by atoms with Gasteiger partial charge in [-0.25, -0.2) is 4.39 Å². The summed E-state index contributed by atoms with van der Waals surface area (Å²) in [6.45, 7) is 6.28. The number of nitrogens with zero attached hydrogens (tertiary/aromatic N) is 1. The molecule has 0 aliphatic carbocycles. The smallest absolute Gasteiger partial charge is 0.256 e. The molecule has 1 rings (SSSR count). The Morgan fingerprint density at radius 3 is 2.44 bits per heavy atom. The van der Waals surface area contributed by atoms with Gasteiger partial charge in [0.2, 0.25) is 0 Å². The number of rotatable bonds is 3. The molecule has 1 N–H and O–H groups in total. The summed E-state index contributed by atoms with van der Waals surface area (Å²) in [5.74, 6) is -1.04. The van der Waals surface area contributed by atoms with Gasteiger partial charge in [0.05, 0.1) is 5.56 Å². The van der Waals surface area contributed by atoms with Crippen LogP contribution in [0.25, 0.3) is 0 Å². The number of halogens is 1. The van der Waals surface area contributed by atoms with E-state index >= 15 is 0 Å². The molecule has 0 fully saturated rings. The van der Waals surface area contributed by atoms with Gasteiger partial charge in [0, 0.05) is 13.1 Å². The van der Waals surface area contributed by atoms with Gasteiger partial charge in [-0.05, 0) is 38.5 Å². The quantitative estimate of drug-likeness (QED) is 0.857. The third-order valence-electron chi connectivity index (χ3n) is 2.57. The van der Waals surface area contributed by atoms with Crippen LogP contribution in [-0.2, 0) is 0 Å². The predicted octanol–water partition coefficient (Wildman–Crippen LogP) is 2.32. The lowest BCUT2D eigenvalue weighted by Gasteiger charge is -2.19. The summed E-state index contributed by atoms with van der Waals surface area (Å²) in [4.78, 5) is 13.4. The first-order chi connectivity index (χ1) is 7.51. The number of carbonyl (C=O) groups is 1. The second-order valence-electron chi connectivity index (χ2n) is 3.60. The Bertz CT molecular complexity index is 400. The van der Waals surface area contributed by atoms with Crippen molar-refractivity contribution in [3.63, 3.8) is 0 Å². The first-order valence-electron chi connectivity index (χ1n) is 5.29. The number of aromatic hydroxyl groups is 1. The molecule has 0 bridgehead atoms. The summed E-state index contributed by atoms with van der Waals surface area (Å²) in [5, 5.41) is 9.46. The molecule has 16 heavy (non-hydrogen) atoms. The van der Waals surface area contributed by atoms with Crippen LogP contribution >= 0.6 is 0 Å². The third kappa shape index (κ3) is 2.32. The van der Waals surface area contributed by atoms with Crippen molar-refractivity contribution in [2.75, 3.05) is 13.1 Å². The van der Waals surface area contributed by atoms with Crippen LogP contribution in [0, 0.1) is 12.7 Å². The highest BCUT2D eigenvalue weighted by Crippen LogP contribution is 2.21. The fraction of sp³-hybridized carbons (Fsp3) is 0.417. The molecular weight excluding hydrogens is 209 g/mol. The molecule has 0 heterocycles. The summed E-state index contributed by atoms with van der Waals surface area (Å²) in [6, 6.07) is 2.36. The highest BCUT2D eigenvalue weighted by molar-refractivity contribution is 5.95. The molecule has 0 radical (unpaired) electrons. The van der Waals surface area contributed by atoms with Gasteiger partial charge in [0.15, 0.2) is 0 Å². The molecule has 4 heteroatoms. The van der Waals surface area contributed by atoms with Gasteiger partial charge in [-0.1, -0.05) is 0 Å². The Morgan fingerprint density at radius 2 is 1.94 bits per heavy atom. The minimum absolute atomic E-state index is 0.0584. The summed E-state index contributed by atoms with van der Waals surface area (Å²) in [7, 11) is 0. The van der Waals surface area contributed by atoms with Crippen LogP contribution in [0.4, 0.5) is 4.39 Å². The summed E-state index contributed by atoms with van der Waals surface area (Å²) in [5.41, 5.74) is 0.348. The number of carbonyl (C=O) groups excluding carboxylic acids is 1. The average molecular weight is 225 g/mol. The van der Waals surface area contributed by atoms with Crippen molar-refractivity contribution >= 4 is 5.91 Å².